The predicted octanol–water partition coefficient (Wildman–Crippen LogP) is 2.98. The lowest BCUT2D eigenvalue weighted by atomic mass is 10.2. The molecule has 0 spiro atoms. The van der Waals surface area contributed by atoms with Crippen LogP contribution in [0, 0.1) is 0 Å². The molecule has 22 heavy (non-hydrogen) atoms. The van der Waals surface area contributed by atoms with Crippen molar-refractivity contribution in [2.75, 3.05) is 10.6 Å². The van der Waals surface area contributed by atoms with Gasteiger partial charge in [0.15, 0.2) is 0 Å². The van der Waals surface area contributed by atoms with Crippen LogP contribution in [0.1, 0.15) is 10.5 Å². The molecule has 3 aromatic rings. The molecule has 2 aromatic carbocycles. The van der Waals surface area contributed by atoms with E-state index in [0.717, 1.165) is 11.4 Å². The average Bonchev–Trinajstić information content (AvgIpc) is 2.96. The molecule has 2 N–H and O–H groups in total. The van der Waals surface area contributed by atoms with Crippen molar-refractivity contribution < 1.29 is 4.79 Å². The molecular weight excluding hydrogens is 276 g/mol. The lowest BCUT2D eigenvalue weighted by Crippen LogP contribution is -2.27. The van der Waals surface area contributed by atoms with Crippen LogP contribution in [0.3, 0.4) is 0 Å². The molecule has 0 aliphatic heterocycles. The molecule has 0 radical (unpaired) electrons. The summed E-state index contributed by atoms with van der Waals surface area (Å²) in [7, 11) is 1.75. The minimum absolute atomic E-state index is 0.143. The van der Waals surface area contributed by atoms with Gasteiger partial charge in [-0.15, -0.1) is 0 Å². The minimum atomic E-state index is -0.143. The van der Waals surface area contributed by atoms with E-state index in [1.54, 1.807) is 41.0 Å². The van der Waals surface area contributed by atoms with Gasteiger partial charge >= 0.3 is 0 Å². The van der Waals surface area contributed by atoms with E-state index in [9.17, 15) is 4.79 Å². The second kappa shape index (κ2) is 5.73. The Morgan fingerprint density at radius 1 is 1.00 bits per heavy atom. The van der Waals surface area contributed by atoms with E-state index in [-0.39, 0.29) is 5.91 Å². The molecule has 110 valence electrons. The number of para-hydroxylation sites is 1. The number of aromatic nitrogens is 2. The normalized spacial score (nSPS) is 10.4. The molecule has 1 heterocycles. The Morgan fingerprint density at radius 2 is 1.64 bits per heavy atom. The summed E-state index contributed by atoms with van der Waals surface area (Å²) in [4.78, 5) is 14.6. The number of aryl methyl sites for hydroxylation is 1. The Morgan fingerprint density at radius 3 is 2.23 bits per heavy atom. The molecule has 0 saturated carbocycles. The fourth-order valence-electron chi connectivity index (χ4n) is 2.28. The first-order chi connectivity index (χ1) is 10.7. The van der Waals surface area contributed by atoms with Crippen molar-refractivity contribution in [2.45, 2.75) is 0 Å². The predicted molar refractivity (Wildman–Crippen MR) is 87.0 cm³/mol. The smallest absolute Gasteiger partial charge is 0.281 e. The van der Waals surface area contributed by atoms with E-state index in [4.69, 9.17) is 5.73 Å². The van der Waals surface area contributed by atoms with E-state index in [2.05, 4.69) is 5.10 Å². The number of carbonyl (C=O) groups is 1. The second-order valence-corrected chi connectivity index (χ2v) is 4.91. The molecule has 0 unspecified atom stereocenters. The molecule has 0 aliphatic carbocycles. The van der Waals surface area contributed by atoms with Gasteiger partial charge in [0.25, 0.3) is 5.91 Å². The van der Waals surface area contributed by atoms with Crippen LogP contribution < -0.4 is 10.6 Å². The van der Waals surface area contributed by atoms with Gasteiger partial charge in [-0.3, -0.25) is 14.4 Å². The molecule has 0 fully saturated rings. The molecule has 0 atom stereocenters. The molecule has 1 aromatic heterocycles. The van der Waals surface area contributed by atoms with E-state index < -0.39 is 0 Å². The van der Waals surface area contributed by atoms with Crippen molar-refractivity contribution >= 4 is 23.0 Å². The Bertz CT molecular complexity index is 778. The van der Waals surface area contributed by atoms with E-state index in [0.29, 0.717) is 11.4 Å². The quantitative estimate of drug-likeness (QED) is 0.755. The van der Waals surface area contributed by atoms with Crippen LogP contribution in [0.25, 0.3) is 0 Å². The summed E-state index contributed by atoms with van der Waals surface area (Å²) in [6.07, 6.45) is 1.61. The Labute approximate surface area is 128 Å². The zero-order chi connectivity index (χ0) is 15.5. The highest BCUT2D eigenvalue weighted by molar-refractivity contribution is 6.10. The monoisotopic (exact) mass is 292 g/mol. The molecule has 0 aliphatic rings. The summed E-state index contributed by atoms with van der Waals surface area (Å²) in [6.45, 7) is 0. The molecule has 3 rings (SSSR count). The van der Waals surface area contributed by atoms with Crippen LogP contribution in [-0.4, -0.2) is 15.7 Å². The summed E-state index contributed by atoms with van der Waals surface area (Å²) in [5.74, 6) is -0.143. The first-order valence-corrected chi connectivity index (χ1v) is 6.90. The van der Waals surface area contributed by atoms with Gasteiger partial charge < -0.3 is 5.73 Å². The average molecular weight is 292 g/mol. The number of nitrogen functional groups attached to an aromatic ring is 1. The summed E-state index contributed by atoms with van der Waals surface area (Å²) >= 11 is 0. The first kappa shape index (κ1) is 13.9. The van der Waals surface area contributed by atoms with Crippen LogP contribution in [0.5, 0.6) is 0 Å². The fraction of sp³-hybridized carbons (Fsp3) is 0.0588. The van der Waals surface area contributed by atoms with Crippen LogP contribution in [0.4, 0.5) is 17.1 Å². The van der Waals surface area contributed by atoms with Crippen molar-refractivity contribution in [1.82, 2.24) is 9.78 Å². The van der Waals surface area contributed by atoms with Gasteiger partial charge in [0, 0.05) is 30.3 Å². The maximum atomic E-state index is 12.9. The van der Waals surface area contributed by atoms with Crippen molar-refractivity contribution in [1.29, 1.82) is 0 Å². The number of anilines is 3. The van der Waals surface area contributed by atoms with Crippen LogP contribution in [-0.2, 0) is 7.05 Å². The zero-order valence-electron chi connectivity index (χ0n) is 12.2. The van der Waals surface area contributed by atoms with Gasteiger partial charge in [0.2, 0.25) is 0 Å². The third-order valence-electron chi connectivity index (χ3n) is 3.41. The molecule has 1 amide bonds. The molecule has 5 heteroatoms. The third kappa shape index (κ3) is 2.56. The number of carbonyl (C=O) groups excluding carboxylic acids is 1. The van der Waals surface area contributed by atoms with E-state index in [1.165, 1.54) is 0 Å². The maximum Gasteiger partial charge on any atom is 0.281 e. The Balaban J connectivity index is 2.09. The summed E-state index contributed by atoms with van der Waals surface area (Å²) in [6, 6.07) is 18.4. The summed E-state index contributed by atoms with van der Waals surface area (Å²) in [5, 5.41) is 4.07. The number of amides is 1. The van der Waals surface area contributed by atoms with Crippen LogP contribution >= 0.6 is 0 Å². The summed E-state index contributed by atoms with van der Waals surface area (Å²) < 4.78 is 1.57. The Kier molecular flexibility index (Phi) is 3.62. The number of hydrogen-bond donors (Lipinski definition) is 1. The van der Waals surface area contributed by atoms with Gasteiger partial charge in [0.05, 0.1) is 0 Å². The number of benzene rings is 2. The van der Waals surface area contributed by atoms with Gasteiger partial charge in [-0.25, -0.2) is 0 Å². The number of nitrogens with two attached hydrogens (primary N) is 1. The maximum absolute atomic E-state index is 12.9. The zero-order valence-corrected chi connectivity index (χ0v) is 12.2. The third-order valence-corrected chi connectivity index (χ3v) is 3.41. The van der Waals surface area contributed by atoms with Crippen LogP contribution in [0.2, 0.25) is 0 Å². The number of nitrogens with zero attached hydrogens (tertiary/aromatic N) is 3. The highest BCUT2D eigenvalue weighted by Crippen LogP contribution is 2.27. The SMILES string of the molecule is Cn1nccc1C(=O)N(c1ccccc1)c1ccc(N)cc1. The highest BCUT2D eigenvalue weighted by atomic mass is 16.2. The molecular formula is C17H16N4O. The lowest BCUT2D eigenvalue weighted by Gasteiger charge is -2.23. The number of hydrogen-bond acceptors (Lipinski definition) is 3. The van der Waals surface area contributed by atoms with Crippen molar-refractivity contribution in [2.24, 2.45) is 7.05 Å². The van der Waals surface area contributed by atoms with Crippen LogP contribution in [0.15, 0.2) is 66.9 Å². The first-order valence-electron chi connectivity index (χ1n) is 6.90. The fourth-order valence-corrected chi connectivity index (χ4v) is 2.28. The largest absolute Gasteiger partial charge is 0.399 e. The minimum Gasteiger partial charge on any atom is -0.399 e. The number of rotatable bonds is 3. The summed E-state index contributed by atoms with van der Waals surface area (Å²) in [5.41, 5.74) is 8.46. The topological polar surface area (TPSA) is 64.2 Å². The van der Waals surface area contributed by atoms with E-state index in [1.807, 2.05) is 42.5 Å². The van der Waals surface area contributed by atoms with E-state index >= 15 is 0 Å². The Hall–Kier alpha value is -3.08. The van der Waals surface area contributed by atoms with Crippen molar-refractivity contribution in [3.8, 4) is 0 Å². The molecule has 0 bridgehead atoms. The molecule has 0 saturated heterocycles. The van der Waals surface area contributed by atoms with Crippen molar-refractivity contribution in [3.05, 3.63) is 72.6 Å². The highest BCUT2D eigenvalue weighted by Gasteiger charge is 2.21. The molecule has 5 nitrogen and oxygen atoms in total. The second-order valence-electron chi connectivity index (χ2n) is 4.91. The van der Waals surface area contributed by atoms with Gasteiger partial charge in [-0.2, -0.15) is 5.10 Å². The van der Waals surface area contributed by atoms with Gasteiger partial charge in [-0.05, 0) is 42.5 Å². The van der Waals surface area contributed by atoms with Crippen molar-refractivity contribution in [3.63, 3.8) is 0 Å². The van der Waals surface area contributed by atoms with Gasteiger partial charge in [-0.1, -0.05) is 18.2 Å². The standard InChI is InChI=1S/C17H16N4O/c1-20-16(11-12-19-20)17(22)21(14-5-3-2-4-6-14)15-9-7-13(18)8-10-15/h2-12H,18H2,1H3. The van der Waals surface area contributed by atoms with Gasteiger partial charge in [0.1, 0.15) is 5.69 Å². The lowest BCUT2D eigenvalue weighted by molar-refractivity contribution is 0.0990.